The van der Waals surface area contributed by atoms with E-state index in [0.717, 1.165) is 16.7 Å². The first-order valence-electron chi connectivity index (χ1n) is 12.2. The third-order valence-electron chi connectivity index (χ3n) is 5.67. The summed E-state index contributed by atoms with van der Waals surface area (Å²) in [6.45, 7) is 16.1. The smallest absolute Gasteiger partial charge is 0.289 e. The van der Waals surface area contributed by atoms with E-state index in [1.165, 1.54) is 6.92 Å². The minimum absolute atomic E-state index is 0.0586. The van der Waals surface area contributed by atoms with Crippen LogP contribution < -0.4 is 16.0 Å². The summed E-state index contributed by atoms with van der Waals surface area (Å²) in [4.78, 5) is 37.3. The highest BCUT2D eigenvalue weighted by Gasteiger charge is 2.20. The lowest BCUT2D eigenvalue weighted by atomic mass is 9.85. The van der Waals surface area contributed by atoms with Crippen molar-refractivity contribution in [3.63, 3.8) is 0 Å². The van der Waals surface area contributed by atoms with Crippen LogP contribution in [0.4, 0.5) is 11.4 Å². The Balaban J connectivity index is 1.85. The Bertz CT molecular complexity index is 1330. The molecule has 37 heavy (non-hydrogen) atoms. The van der Waals surface area contributed by atoms with Crippen LogP contribution in [0.1, 0.15) is 80.5 Å². The van der Waals surface area contributed by atoms with E-state index < -0.39 is 0 Å². The number of amides is 3. The number of aryl methyl sites for hydroxylation is 1. The molecule has 1 aromatic heterocycles. The van der Waals surface area contributed by atoms with E-state index in [2.05, 4.69) is 21.1 Å². The molecule has 0 spiro atoms. The molecule has 0 unspecified atom stereocenters. The van der Waals surface area contributed by atoms with Gasteiger partial charge < -0.3 is 20.5 Å². The number of aromatic nitrogens is 1. The maximum atomic E-state index is 13.2. The Morgan fingerprint density at radius 1 is 0.865 bits per heavy atom. The molecule has 0 saturated carbocycles. The van der Waals surface area contributed by atoms with Crippen molar-refractivity contribution in [2.24, 2.45) is 5.41 Å². The Morgan fingerprint density at radius 3 is 2.19 bits per heavy atom. The van der Waals surface area contributed by atoms with Crippen LogP contribution in [0, 0.1) is 12.3 Å². The molecule has 0 saturated heterocycles. The molecule has 0 atom stereocenters. The van der Waals surface area contributed by atoms with Crippen LogP contribution in [-0.2, 0) is 10.2 Å². The first-order valence-corrected chi connectivity index (χ1v) is 12.2. The second-order valence-electron chi connectivity index (χ2n) is 11.5. The van der Waals surface area contributed by atoms with E-state index in [1.54, 1.807) is 24.3 Å². The van der Waals surface area contributed by atoms with Crippen molar-refractivity contribution in [1.82, 2.24) is 10.5 Å². The van der Waals surface area contributed by atoms with E-state index in [4.69, 9.17) is 4.52 Å². The average Bonchev–Trinajstić information content (AvgIpc) is 3.27. The predicted octanol–water partition coefficient (Wildman–Crippen LogP) is 5.93. The highest BCUT2D eigenvalue weighted by Crippen LogP contribution is 2.29. The van der Waals surface area contributed by atoms with Gasteiger partial charge in [-0.15, -0.1) is 0 Å². The van der Waals surface area contributed by atoms with Crippen molar-refractivity contribution in [3.05, 3.63) is 64.9 Å². The van der Waals surface area contributed by atoms with Crippen LogP contribution in [0.3, 0.4) is 0 Å². The molecule has 8 heteroatoms. The standard InChI is InChI=1S/C29H36N4O4/c1-17-9-10-21(14-23(17)24-15-25(37-33-24)27(36)30-16-28(3,4)5)32-26(35)19-11-20(29(6,7)8)13-22(12-19)31-18(2)34/h9-15H,16H2,1-8H3,(H,30,36)(H,31,34)(H,32,35). The van der Waals surface area contributed by atoms with E-state index in [0.29, 0.717) is 29.2 Å². The number of hydrogen-bond acceptors (Lipinski definition) is 5. The first-order chi connectivity index (χ1) is 17.1. The number of rotatable bonds is 6. The third kappa shape index (κ3) is 7.52. The lowest BCUT2D eigenvalue weighted by Gasteiger charge is -2.21. The molecule has 0 fully saturated rings. The largest absolute Gasteiger partial charge is 0.350 e. The van der Waals surface area contributed by atoms with E-state index >= 15 is 0 Å². The molecule has 2 aromatic carbocycles. The molecule has 1 heterocycles. The van der Waals surface area contributed by atoms with Gasteiger partial charge in [-0.3, -0.25) is 14.4 Å². The minimum atomic E-state index is -0.329. The van der Waals surface area contributed by atoms with E-state index in [1.807, 2.05) is 66.7 Å². The topological polar surface area (TPSA) is 113 Å². The summed E-state index contributed by atoms with van der Waals surface area (Å²) in [7, 11) is 0. The van der Waals surface area contributed by atoms with Crippen LogP contribution in [0.25, 0.3) is 11.3 Å². The Labute approximate surface area is 218 Å². The molecule has 196 valence electrons. The van der Waals surface area contributed by atoms with Crippen LogP contribution >= 0.6 is 0 Å². The van der Waals surface area contributed by atoms with Crippen LogP contribution in [0.2, 0.25) is 0 Å². The van der Waals surface area contributed by atoms with Crippen molar-refractivity contribution in [2.75, 3.05) is 17.2 Å². The fraction of sp³-hybridized carbons (Fsp3) is 0.379. The van der Waals surface area contributed by atoms with Gasteiger partial charge in [0, 0.05) is 42.0 Å². The quantitative estimate of drug-likeness (QED) is 0.385. The van der Waals surface area contributed by atoms with Gasteiger partial charge in [-0.2, -0.15) is 0 Å². The molecule has 3 rings (SSSR count). The van der Waals surface area contributed by atoms with Gasteiger partial charge in [-0.05, 0) is 59.2 Å². The molecule has 0 aliphatic heterocycles. The van der Waals surface area contributed by atoms with Crippen molar-refractivity contribution >= 4 is 29.1 Å². The lowest BCUT2D eigenvalue weighted by Crippen LogP contribution is -2.31. The molecule has 0 radical (unpaired) electrons. The third-order valence-corrected chi connectivity index (χ3v) is 5.67. The summed E-state index contributed by atoms with van der Waals surface area (Å²) in [5, 5.41) is 12.6. The number of anilines is 2. The zero-order valence-electron chi connectivity index (χ0n) is 22.8. The Kier molecular flexibility index (Phi) is 7.91. The lowest BCUT2D eigenvalue weighted by molar-refractivity contribution is -0.114. The molecular weight excluding hydrogens is 468 g/mol. The monoisotopic (exact) mass is 504 g/mol. The normalized spacial score (nSPS) is 11.7. The summed E-state index contributed by atoms with van der Waals surface area (Å²) < 4.78 is 5.30. The van der Waals surface area contributed by atoms with Gasteiger partial charge in [0.05, 0.1) is 0 Å². The van der Waals surface area contributed by atoms with Gasteiger partial charge in [0.1, 0.15) is 5.69 Å². The Hall–Kier alpha value is -3.94. The fourth-order valence-corrected chi connectivity index (χ4v) is 3.59. The van der Waals surface area contributed by atoms with Crippen LogP contribution in [-0.4, -0.2) is 29.4 Å². The summed E-state index contributed by atoms with van der Waals surface area (Å²) in [6, 6.07) is 12.4. The maximum absolute atomic E-state index is 13.2. The number of carbonyl (C=O) groups excluding carboxylic acids is 3. The Morgan fingerprint density at radius 2 is 1.57 bits per heavy atom. The van der Waals surface area contributed by atoms with Gasteiger partial charge in [0.15, 0.2) is 0 Å². The number of hydrogen-bond donors (Lipinski definition) is 3. The SMILES string of the molecule is CC(=O)Nc1cc(C(=O)Nc2ccc(C)c(-c3cc(C(=O)NCC(C)(C)C)on3)c2)cc(C(C)(C)C)c1. The molecule has 3 N–H and O–H groups in total. The molecule has 8 nitrogen and oxygen atoms in total. The van der Waals surface area contributed by atoms with Gasteiger partial charge >= 0.3 is 0 Å². The highest BCUT2D eigenvalue weighted by atomic mass is 16.5. The van der Waals surface area contributed by atoms with E-state index in [9.17, 15) is 14.4 Å². The van der Waals surface area contributed by atoms with Gasteiger partial charge in [0.2, 0.25) is 11.7 Å². The predicted molar refractivity (Wildman–Crippen MR) is 146 cm³/mol. The first kappa shape index (κ1) is 27.6. The molecule has 0 aliphatic carbocycles. The molecule has 3 aromatic rings. The molecule has 3 amide bonds. The summed E-state index contributed by atoms with van der Waals surface area (Å²) in [6.07, 6.45) is 0. The van der Waals surface area contributed by atoms with Gasteiger partial charge in [-0.25, -0.2) is 0 Å². The second kappa shape index (κ2) is 10.6. The van der Waals surface area contributed by atoms with Crippen molar-refractivity contribution < 1.29 is 18.9 Å². The average molecular weight is 505 g/mol. The van der Waals surface area contributed by atoms with Crippen molar-refractivity contribution in [2.45, 2.75) is 60.8 Å². The summed E-state index contributed by atoms with van der Waals surface area (Å²) in [5.41, 5.74) is 4.35. The van der Waals surface area contributed by atoms with E-state index in [-0.39, 0.29) is 34.3 Å². The minimum Gasteiger partial charge on any atom is -0.350 e. The van der Waals surface area contributed by atoms with Crippen molar-refractivity contribution in [1.29, 1.82) is 0 Å². The number of nitrogens with one attached hydrogen (secondary N) is 3. The van der Waals surface area contributed by atoms with Crippen LogP contribution in [0.5, 0.6) is 0 Å². The zero-order valence-corrected chi connectivity index (χ0v) is 22.8. The van der Waals surface area contributed by atoms with Crippen molar-refractivity contribution in [3.8, 4) is 11.3 Å². The maximum Gasteiger partial charge on any atom is 0.289 e. The van der Waals surface area contributed by atoms with Gasteiger partial charge in [-0.1, -0.05) is 52.8 Å². The molecule has 0 bridgehead atoms. The molecule has 0 aliphatic rings. The summed E-state index contributed by atoms with van der Waals surface area (Å²) in [5.74, 6) is -0.725. The second-order valence-corrected chi connectivity index (χ2v) is 11.5. The number of benzene rings is 2. The summed E-state index contributed by atoms with van der Waals surface area (Å²) >= 11 is 0. The molecular formula is C29H36N4O4. The van der Waals surface area contributed by atoms with Gasteiger partial charge in [0.25, 0.3) is 11.8 Å². The zero-order chi connectivity index (χ0) is 27.5. The number of nitrogens with zero attached hydrogens (tertiary/aromatic N) is 1. The fourth-order valence-electron chi connectivity index (χ4n) is 3.59. The van der Waals surface area contributed by atoms with Crippen LogP contribution in [0.15, 0.2) is 47.0 Å². The highest BCUT2D eigenvalue weighted by molar-refractivity contribution is 6.06. The number of carbonyl (C=O) groups is 3.